The molecule has 17 nitrogen and oxygen atoms in total. The Morgan fingerprint density at radius 3 is 2.42 bits per heavy atom. The molecule has 1 saturated carbocycles. The smallest absolute Gasteiger partial charge is 0.328 e. The number of rotatable bonds is 10. The Labute approximate surface area is 367 Å². The zero-order valence-corrected chi connectivity index (χ0v) is 35.8. The van der Waals surface area contributed by atoms with E-state index in [9.17, 15) is 29.5 Å². The normalized spacial score (nSPS) is 21.3. The molecule has 5 aromatic rings. The quantitative estimate of drug-likeness (QED) is 0.178. The maximum absolute atomic E-state index is 15.2. The van der Waals surface area contributed by atoms with Gasteiger partial charge in [0, 0.05) is 87.4 Å². The summed E-state index contributed by atoms with van der Waals surface area (Å²) in [7, 11) is 1.62. The summed E-state index contributed by atoms with van der Waals surface area (Å²) in [6, 6.07) is 12.5. The lowest BCUT2D eigenvalue weighted by Crippen LogP contribution is -2.63. The van der Waals surface area contributed by atoms with Gasteiger partial charge in [-0.2, -0.15) is 15.5 Å². The number of methoxy groups -OCH3 is 1. The SMILES string of the molecule is COC[C@@H]1CN(C2CCC(n3cc4cc(NC(=O)c5ccc6cc(C#N)cnn56)c(C(C)(C)O)cc4n3)CC2)CCN1C(=O)C1CN(c2cc(F)c(N3CCC(=O)NC3=O)c(F)c2)C1. The van der Waals surface area contributed by atoms with Crippen LogP contribution in [0.15, 0.2) is 54.9 Å². The average molecular weight is 878 g/mol. The number of hydrogen-bond acceptors (Lipinski definition) is 11. The van der Waals surface area contributed by atoms with Crippen LogP contribution < -0.4 is 20.4 Å². The molecule has 1 atom stereocenters. The van der Waals surface area contributed by atoms with Gasteiger partial charge in [-0.1, -0.05) is 0 Å². The predicted molar refractivity (Wildman–Crippen MR) is 231 cm³/mol. The Balaban J connectivity index is 0.811. The predicted octanol–water partition coefficient (Wildman–Crippen LogP) is 4.54. The summed E-state index contributed by atoms with van der Waals surface area (Å²) in [5, 5.41) is 35.5. The maximum Gasteiger partial charge on any atom is 0.328 e. The number of carbonyl (C=O) groups excluding carboxylic acids is 4. The van der Waals surface area contributed by atoms with Crippen molar-refractivity contribution < 1.29 is 37.8 Å². The van der Waals surface area contributed by atoms with Gasteiger partial charge >= 0.3 is 6.03 Å². The van der Waals surface area contributed by atoms with Crippen molar-refractivity contribution in [2.45, 2.75) is 69.7 Å². The molecule has 19 heteroatoms. The molecule has 4 aliphatic rings. The molecule has 5 amide bonds. The fraction of sp³-hybridized carbons (Fsp3) is 0.444. The summed E-state index contributed by atoms with van der Waals surface area (Å²) in [4.78, 5) is 58.2. The number of carbonyl (C=O) groups is 4. The Hall–Kier alpha value is -6.49. The van der Waals surface area contributed by atoms with Gasteiger partial charge in [-0.15, -0.1) is 0 Å². The number of aromatic nitrogens is 4. The zero-order valence-electron chi connectivity index (χ0n) is 35.8. The van der Waals surface area contributed by atoms with Crippen molar-refractivity contribution >= 4 is 57.2 Å². The maximum atomic E-state index is 15.2. The molecule has 0 radical (unpaired) electrons. The molecule has 334 valence electrons. The number of nitrogens with one attached hydrogen (secondary N) is 2. The largest absolute Gasteiger partial charge is 0.386 e. The van der Waals surface area contributed by atoms with Crippen LogP contribution in [0.4, 0.5) is 30.6 Å². The highest BCUT2D eigenvalue weighted by Gasteiger charge is 2.42. The van der Waals surface area contributed by atoms with Crippen LogP contribution >= 0.6 is 0 Å². The van der Waals surface area contributed by atoms with E-state index in [-0.39, 0.29) is 48.3 Å². The molecule has 3 saturated heterocycles. The van der Waals surface area contributed by atoms with Gasteiger partial charge in [0.15, 0.2) is 11.6 Å². The second-order valence-electron chi connectivity index (χ2n) is 17.7. The summed E-state index contributed by atoms with van der Waals surface area (Å²) >= 11 is 0. The van der Waals surface area contributed by atoms with Gasteiger partial charge in [-0.25, -0.2) is 18.1 Å². The van der Waals surface area contributed by atoms with Crippen LogP contribution in [0.25, 0.3) is 16.4 Å². The molecule has 64 heavy (non-hydrogen) atoms. The van der Waals surface area contributed by atoms with E-state index in [1.807, 2.05) is 27.9 Å². The number of nitriles is 1. The lowest BCUT2D eigenvalue weighted by Gasteiger charge is -2.49. The highest BCUT2D eigenvalue weighted by atomic mass is 19.1. The number of anilines is 3. The van der Waals surface area contributed by atoms with Gasteiger partial charge in [0.25, 0.3) is 5.91 Å². The third-order valence-corrected chi connectivity index (χ3v) is 13.1. The summed E-state index contributed by atoms with van der Waals surface area (Å²) in [6.45, 7) is 6.07. The summed E-state index contributed by atoms with van der Waals surface area (Å²) in [6.07, 6.45) is 6.98. The van der Waals surface area contributed by atoms with E-state index in [2.05, 4.69) is 26.7 Å². The highest BCUT2D eigenvalue weighted by Crippen LogP contribution is 2.37. The number of fused-ring (bicyclic) bond motifs is 2. The fourth-order valence-corrected chi connectivity index (χ4v) is 9.68. The van der Waals surface area contributed by atoms with Gasteiger partial charge in [0.05, 0.1) is 53.0 Å². The van der Waals surface area contributed by atoms with Crippen molar-refractivity contribution in [3.8, 4) is 6.07 Å². The molecule has 3 aromatic heterocycles. The molecular weight excluding hydrogens is 829 g/mol. The number of piperazine rings is 1. The van der Waals surface area contributed by atoms with Crippen LogP contribution in [0.3, 0.4) is 0 Å². The third-order valence-electron chi connectivity index (χ3n) is 13.1. The van der Waals surface area contributed by atoms with E-state index in [4.69, 9.17) is 9.84 Å². The highest BCUT2D eigenvalue weighted by molar-refractivity contribution is 6.06. The van der Waals surface area contributed by atoms with Crippen LogP contribution in [-0.2, 0) is 19.9 Å². The molecule has 3 aliphatic heterocycles. The van der Waals surface area contributed by atoms with E-state index in [0.717, 1.165) is 48.1 Å². The molecule has 0 bridgehead atoms. The first-order valence-corrected chi connectivity index (χ1v) is 21.5. The number of halogens is 2. The number of amides is 5. The zero-order chi connectivity index (χ0) is 45.0. The molecule has 3 N–H and O–H groups in total. The van der Waals surface area contributed by atoms with Gasteiger partial charge < -0.3 is 25.0 Å². The number of benzene rings is 2. The van der Waals surface area contributed by atoms with Crippen molar-refractivity contribution in [2.75, 3.05) is 68.1 Å². The summed E-state index contributed by atoms with van der Waals surface area (Å²) in [5.41, 5.74) is 1.43. The minimum atomic E-state index is -1.29. The molecule has 0 unspecified atom stereocenters. The third kappa shape index (κ3) is 8.12. The van der Waals surface area contributed by atoms with Crippen molar-refractivity contribution in [1.82, 2.24) is 34.5 Å². The Morgan fingerprint density at radius 1 is 1.00 bits per heavy atom. The lowest BCUT2D eigenvalue weighted by atomic mass is 9.89. The lowest BCUT2D eigenvalue weighted by molar-refractivity contribution is -0.144. The van der Waals surface area contributed by atoms with Gasteiger partial charge in [-0.05, 0) is 82.0 Å². The van der Waals surface area contributed by atoms with Crippen molar-refractivity contribution in [2.24, 2.45) is 5.92 Å². The van der Waals surface area contributed by atoms with E-state index in [1.165, 1.54) is 10.7 Å². The van der Waals surface area contributed by atoms with Crippen LogP contribution in [0.1, 0.15) is 73.6 Å². The Kier molecular flexibility index (Phi) is 11.3. The number of ether oxygens (including phenoxy) is 1. The molecule has 1 aliphatic carbocycles. The number of imide groups is 1. The minimum Gasteiger partial charge on any atom is -0.386 e. The average Bonchev–Trinajstić information content (AvgIpc) is 3.87. The Bertz CT molecular complexity index is 2690. The first-order valence-electron chi connectivity index (χ1n) is 21.5. The van der Waals surface area contributed by atoms with Crippen molar-refractivity contribution in [1.29, 1.82) is 5.26 Å². The van der Waals surface area contributed by atoms with Crippen LogP contribution in [0.2, 0.25) is 0 Å². The minimum absolute atomic E-state index is 0.0134. The molecule has 2 aromatic carbocycles. The van der Waals surface area contributed by atoms with Crippen LogP contribution in [0.5, 0.6) is 0 Å². The number of urea groups is 1. The molecular formula is C45H49F2N11O6. The topological polar surface area (TPSA) is 194 Å². The summed E-state index contributed by atoms with van der Waals surface area (Å²) in [5.74, 6) is -3.12. The van der Waals surface area contributed by atoms with Crippen LogP contribution in [0, 0.1) is 28.9 Å². The van der Waals surface area contributed by atoms with E-state index in [1.54, 1.807) is 44.1 Å². The van der Waals surface area contributed by atoms with Crippen molar-refractivity contribution in [3.05, 3.63) is 83.3 Å². The van der Waals surface area contributed by atoms with Gasteiger partial charge in [-0.3, -0.25) is 34.2 Å². The molecule has 9 rings (SSSR count). The first kappa shape index (κ1) is 42.8. The second kappa shape index (κ2) is 16.9. The molecule has 4 fully saturated rings. The monoisotopic (exact) mass is 877 g/mol. The van der Waals surface area contributed by atoms with E-state index >= 15 is 8.78 Å². The summed E-state index contributed by atoms with van der Waals surface area (Å²) < 4.78 is 39.5. The fourth-order valence-electron chi connectivity index (χ4n) is 9.68. The number of hydrogen-bond donors (Lipinski definition) is 3. The van der Waals surface area contributed by atoms with E-state index < -0.39 is 40.8 Å². The standard InChI is InChI=1S/C45H49F2N11O6/c1-45(2,63)34-18-37-27(15-38(34)50-42(60)39-9-8-31-14-26(19-48)20-49-58(31)39)23-57(52-37)30-6-4-29(5-7-30)53-12-13-55(33(24-53)25-64-3)43(61)28-21-54(22-28)32-16-35(46)41(36(47)17-32)56-11-10-40(59)51-44(56)62/h8-9,14-18,20,23,28-30,33,63H,4-7,10-13,21-22,24-25H2,1-3H3,(H,50,60)(H,51,59,62)/t29?,30?,33-/m0/s1. The molecule has 0 spiro atoms. The van der Waals surface area contributed by atoms with Crippen molar-refractivity contribution in [3.63, 3.8) is 0 Å². The van der Waals surface area contributed by atoms with Gasteiger partial charge in [0.1, 0.15) is 17.5 Å². The number of nitrogens with zero attached hydrogens (tertiary/aromatic N) is 9. The van der Waals surface area contributed by atoms with Crippen LogP contribution in [-0.4, -0.2) is 123 Å². The van der Waals surface area contributed by atoms with E-state index in [0.29, 0.717) is 73.2 Å². The second-order valence-corrected chi connectivity index (χ2v) is 17.7. The number of aliphatic hydroxyl groups is 1. The Morgan fingerprint density at radius 2 is 1.73 bits per heavy atom. The van der Waals surface area contributed by atoms with Gasteiger partial charge in [0.2, 0.25) is 11.8 Å². The first-order chi connectivity index (χ1) is 30.7. The molecule has 6 heterocycles.